The summed E-state index contributed by atoms with van der Waals surface area (Å²) in [4.78, 5) is 27.5. The molecular weight excluding hydrogens is 490 g/mol. The van der Waals surface area contributed by atoms with Gasteiger partial charge in [-0.1, -0.05) is 41.9 Å². The summed E-state index contributed by atoms with van der Waals surface area (Å²) in [5.74, 6) is 0.501. The average Bonchev–Trinajstić information content (AvgIpc) is 3.30. The Bertz CT molecular complexity index is 1370. The number of nitrogens with one attached hydrogen (secondary N) is 1. The molecule has 1 heterocycles. The number of anilines is 1. The maximum atomic E-state index is 13.2. The largest absolute Gasteiger partial charge is 0.481 e. The molecule has 8 heteroatoms. The van der Waals surface area contributed by atoms with Gasteiger partial charge in [-0.15, -0.1) is 0 Å². The van der Waals surface area contributed by atoms with Gasteiger partial charge in [0.1, 0.15) is 5.75 Å². The Morgan fingerprint density at radius 1 is 0.973 bits per heavy atom. The zero-order valence-electron chi connectivity index (χ0n) is 21.1. The van der Waals surface area contributed by atoms with Crippen LogP contribution < -0.4 is 14.8 Å². The molecule has 0 aliphatic rings. The lowest BCUT2D eigenvalue weighted by molar-refractivity contribution is -0.122. The number of benzene rings is 3. The van der Waals surface area contributed by atoms with Crippen LogP contribution in [0.2, 0.25) is 5.02 Å². The van der Waals surface area contributed by atoms with Crippen LogP contribution in [0.4, 0.5) is 10.5 Å². The lowest BCUT2D eigenvalue weighted by atomic mass is 10.1. The van der Waals surface area contributed by atoms with Gasteiger partial charge in [-0.2, -0.15) is 0 Å². The van der Waals surface area contributed by atoms with Crippen molar-refractivity contribution < 1.29 is 19.1 Å². The molecular formula is C29H30ClN3O4. The molecule has 192 valence electrons. The van der Waals surface area contributed by atoms with E-state index in [4.69, 9.17) is 21.1 Å². The summed E-state index contributed by atoms with van der Waals surface area (Å²) in [5.41, 5.74) is 2.38. The first-order valence-electron chi connectivity index (χ1n) is 12.2. The van der Waals surface area contributed by atoms with E-state index >= 15 is 0 Å². The van der Waals surface area contributed by atoms with Gasteiger partial charge in [-0.25, -0.2) is 4.79 Å². The zero-order chi connectivity index (χ0) is 26.4. The van der Waals surface area contributed by atoms with E-state index in [0.717, 1.165) is 16.5 Å². The van der Waals surface area contributed by atoms with Crippen molar-refractivity contribution in [2.45, 2.75) is 33.4 Å². The van der Waals surface area contributed by atoms with E-state index in [9.17, 15) is 9.59 Å². The standard InChI is InChI=1S/C29H30ClN3O4/c1-4-32(5-2)29(35)37-26-16-15-25-24(17-18-33(25)19-21-11-13-22(30)14-12-21)27(26)31-28(34)20(3)36-23-9-7-6-8-10-23/h6-18,20H,4-5,19H2,1-3H3,(H,31,34)/t20-/m1/s1. The highest BCUT2D eigenvalue weighted by Gasteiger charge is 2.22. The van der Waals surface area contributed by atoms with E-state index in [1.165, 1.54) is 0 Å². The van der Waals surface area contributed by atoms with Crippen LogP contribution in [-0.4, -0.2) is 40.7 Å². The maximum absolute atomic E-state index is 13.2. The van der Waals surface area contributed by atoms with Gasteiger partial charge in [-0.3, -0.25) is 4.79 Å². The molecule has 4 aromatic rings. The molecule has 0 unspecified atom stereocenters. The predicted octanol–water partition coefficient (Wildman–Crippen LogP) is 6.59. The average molecular weight is 520 g/mol. The summed E-state index contributed by atoms with van der Waals surface area (Å²) in [6.45, 7) is 7.08. The number of hydrogen-bond acceptors (Lipinski definition) is 4. The highest BCUT2D eigenvalue weighted by Crippen LogP contribution is 2.35. The summed E-state index contributed by atoms with van der Waals surface area (Å²) < 4.78 is 13.6. The van der Waals surface area contributed by atoms with Crippen molar-refractivity contribution >= 4 is 40.2 Å². The van der Waals surface area contributed by atoms with Gasteiger partial charge >= 0.3 is 6.09 Å². The van der Waals surface area contributed by atoms with Gasteiger partial charge in [0, 0.05) is 36.2 Å². The lowest BCUT2D eigenvalue weighted by Gasteiger charge is -2.21. The van der Waals surface area contributed by atoms with Gasteiger partial charge in [0.05, 0.1) is 11.2 Å². The molecule has 3 aromatic carbocycles. The van der Waals surface area contributed by atoms with E-state index < -0.39 is 12.2 Å². The number of ether oxygens (including phenoxy) is 2. The van der Waals surface area contributed by atoms with Crippen LogP contribution in [0.3, 0.4) is 0 Å². The minimum Gasteiger partial charge on any atom is -0.481 e. The highest BCUT2D eigenvalue weighted by molar-refractivity contribution is 6.30. The van der Waals surface area contributed by atoms with Gasteiger partial charge < -0.3 is 24.3 Å². The van der Waals surface area contributed by atoms with Crippen molar-refractivity contribution in [1.82, 2.24) is 9.47 Å². The fourth-order valence-corrected chi connectivity index (χ4v) is 4.14. The molecule has 0 radical (unpaired) electrons. The van der Waals surface area contributed by atoms with Crippen molar-refractivity contribution in [2.24, 2.45) is 0 Å². The summed E-state index contributed by atoms with van der Waals surface area (Å²) in [6.07, 6.45) is 0.684. The van der Waals surface area contributed by atoms with Crippen LogP contribution in [0.15, 0.2) is 79.0 Å². The zero-order valence-corrected chi connectivity index (χ0v) is 21.9. The Morgan fingerprint density at radius 3 is 2.35 bits per heavy atom. The molecule has 37 heavy (non-hydrogen) atoms. The fourth-order valence-electron chi connectivity index (χ4n) is 4.01. The van der Waals surface area contributed by atoms with Gasteiger partial charge in [-0.05, 0) is 68.8 Å². The van der Waals surface area contributed by atoms with Crippen molar-refractivity contribution in [1.29, 1.82) is 0 Å². The normalized spacial score (nSPS) is 11.7. The number of fused-ring (bicyclic) bond motifs is 1. The number of halogens is 1. The van der Waals surface area contributed by atoms with Crippen molar-refractivity contribution in [3.05, 3.63) is 89.6 Å². The lowest BCUT2D eigenvalue weighted by Crippen LogP contribution is -2.34. The quantitative estimate of drug-likeness (QED) is 0.271. The second kappa shape index (κ2) is 11.8. The number of aromatic nitrogens is 1. The third-order valence-electron chi connectivity index (χ3n) is 6.07. The number of para-hydroxylation sites is 1. The first kappa shape index (κ1) is 26.1. The van der Waals surface area contributed by atoms with E-state index in [0.29, 0.717) is 36.1 Å². The topological polar surface area (TPSA) is 72.8 Å². The number of carbonyl (C=O) groups excluding carboxylic acids is 2. The van der Waals surface area contributed by atoms with Crippen LogP contribution in [-0.2, 0) is 11.3 Å². The molecule has 2 amide bonds. The SMILES string of the molecule is CCN(CC)C(=O)Oc1ccc2c(ccn2Cc2ccc(Cl)cc2)c1NC(=O)[C@@H](C)Oc1ccccc1. The van der Waals surface area contributed by atoms with E-state index in [1.807, 2.05) is 74.6 Å². The molecule has 0 saturated heterocycles. The number of carbonyl (C=O) groups is 2. The molecule has 0 aliphatic carbocycles. The monoisotopic (exact) mass is 519 g/mol. The molecule has 1 aromatic heterocycles. The summed E-state index contributed by atoms with van der Waals surface area (Å²) in [5, 5.41) is 4.38. The number of hydrogen-bond donors (Lipinski definition) is 1. The van der Waals surface area contributed by atoms with Crippen molar-refractivity contribution in [3.8, 4) is 11.5 Å². The van der Waals surface area contributed by atoms with E-state index in [1.54, 1.807) is 30.0 Å². The fraction of sp³-hybridized carbons (Fsp3) is 0.241. The Labute approximate surface area is 221 Å². The first-order chi connectivity index (χ1) is 17.9. The van der Waals surface area contributed by atoms with Crippen molar-refractivity contribution in [3.63, 3.8) is 0 Å². The Morgan fingerprint density at radius 2 is 1.68 bits per heavy atom. The second-order valence-corrected chi connectivity index (χ2v) is 8.98. The Kier molecular flexibility index (Phi) is 8.36. The third kappa shape index (κ3) is 6.24. The number of nitrogens with zero attached hydrogens (tertiary/aromatic N) is 2. The molecule has 0 spiro atoms. The Hall–Kier alpha value is -3.97. The van der Waals surface area contributed by atoms with E-state index in [-0.39, 0.29) is 11.7 Å². The summed E-state index contributed by atoms with van der Waals surface area (Å²) in [6, 6.07) is 22.3. The third-order valence-corrected chi connectivity index (χ3v) is 6.33. The number of rotatable bonds is 9. The summed E-state index contributed by atoms with van der Waals surface area (Å²) in [7, 11) is 0. The maximum Gasteiger partial charge on any atom is 0.415 e. The number of amides is 2. The molecule has 1 N–H and O–H groups in total. The minimum absolute atomic E-state index is 0.272. The molecule has 1 atom stereocenters. The predicted molar refractivity (Wildman–Crippen MR) is 147 cm³/mol. The first-order valence-corrected chi connectivity index (χ1v) is 12.6. The molecule has 0 saturated carbocycles. The van der Waals surface area contributed by atoms with Crippen LogP contribution in [0.25, 0.3) is 10.9 Å². The molecule has 4 rings (SSSR count). The van der Waals surface area contributed by atoms with Crippen LogP contribution in [0.1, 0.15) is 26.3 Å². The van der Waals surface area contributed by atoms with Gasteiger partial charge in [0.25, 0.3) is 5.91 Å². The van der Waals surface area contributed by atoms with Crippen LogP contribution in [0.5, 0.6) is 11.5 Å². The highest BCUT2D eigenvalue weighted by atomic mass is 35.5. The second-order valence-electron chi connectivity index (χ2n) is 8.54. The van der Waals surface area contributed by atoms with Crippen molar-refractivity contribution in [2.75, 3.05) is 18.4 Å². The van der Waals surface area contributed by atoms with Crippen LogP contribution in [0, 0.1) is 0 Å². The van der Waals surface area contributed by atoms with Crippen LogP contribution >= 0.6 is 11.6 Å². The minimum atomic E-state index is -0.778. The smallest absolute Gasteiger partial charge is 0.415 e. The molecule has 0 aliphatic heterocycles. The Balaban J connectivity index is 1.66. The van der Waals surface area contributed by atoms with Gasteiger partial charge in [0.2, 0.25) is 0 Å². The van der Waals surface area contributed by atoms with E-state index in [2.05, 4.69) is 9.88 Å². The molecule has 0 fully saturated rings. The van der Waals surface area contributed by atoms with Gasteiger partial charge in [0.15, 0.2) is 11.9 Å². The molecule has 7 nitrogen and oxygen atoms in total. The molecule has 0 bridgehead atoms. The summed E-state index contributed by atoms with van der Waals surface area (Å²) >= 11 is 6.03.